The molecule has 0 aliphatic heterocycles. The lowest BCUT2D eigenvalue weighted by atomic mass is 9.96. The molecule has 0 unspecified atom stereocenters. The Bertz CT molecular complexity index is 958. The van der Waals surface area contributed by atoms with Crippen LogP contribution in [0.2, 0.25) is 10.0 Å². The van der Waals surface area contributed by atoms with Gasteiger partial charge in [-0.15, -0.1) is 0 Å². The third kappa shape index (κ3) is 4.34. The van der Waals surface area contributed by atoms with Crippen LogP contribution in [0.15, 0.2) is 48.7 Å². The van der Waals surface area contributed by atoms with Crippen LogP contribution in [0.5, 0.6) is 5.75 Å². The number of aromatic hydroxyl groups is 1. The van der Waals surface area contributed by atoms with Crippen LogP contribution in [-0.4, -0.2) is 16.0 Å². The second-order valence-corrected chi connectivity index (χ2v) is 7.20. The fraction of sp³-hybridized carbons (Fsp3) is 0.238. The number of aromatic nitrogens is 1. The van der Waals surface area contributed by atoms with Crippen LogP contribution in [0.25, 0.3) is 10.9 Å². The van der Waals surface area contributed by atoms with Crippen LogP contribution in [0.4, 0.5) is 0 Å². The van der Waals surface area contributed by atoms with Crippen LogP contribution in [0, 0.1) is 0 Å². The second-order valence-electron chi connectivity index (χ2n) is 6.35. The van der Waals surface area contributed by atoms with Crippen molar-refractivity contribution in [2.24, 2.45) is 0 Å². The summed E-state index contributed by atoms with van der Waals surface area (Å²) >= 11 is 12.4. The van der Waals surface area contributed by atoms with Crippen LogP contribution in [0.1, 0.15) is 43.4 Å². The molecular weight excluding hydrogens is 383 g/mol. The molecule has 6 heteroatoms. The third-order valence-corrected chi connectivity index (χ3v) is 4.99. The Morgan fingerprint density at radius 2 is 1.96 bits per heavy atom. The van der Waals surface area contributed by atoms with Crippen molar-refractivity contribution in [3.05, 3.63) is 69.8 Å². The van der Waals surface area contributed by atoms with Gasteiger partial charge in [0.05, 0.1) is 11.1 Å². The van der Waals surface area contributed by atoms with Gasteiger partial charge in [-0.2, -0.15) is 0 Å². The zero-order chi connectivity index (χ0) is 19.4. The lowest BCUT2D eigenvalue weighted by molar-refractivity contribution is -0.121. The summed E-state index contributed by atoms with van der Waals surface area (Å²) in [4.78, 5) is 16.7. The van der Waals surface area contributed by atoms with E-state index in [-0.39, 0.29) is 11.7 Å². The van der Waals surface area contributed by atoms with Crippen LogP contribution < -0.4 is 5.32 Å². The van der Waals surface area contributed by atoms with Gasteiger partial charge in [-0.25, -0.2) is 0 Å². The van der Waals surface area contributed by atoms with E-state index < -0.39 is 6.04 Å². The van der Waals surface area contributed by atoms with Gasteiger partial charge in [-0.3, -0.25) is 9.78 Å². The van der Waals surface area contributed by atoms with E-state index in [0.29, 0.717) is 32.9 Å². The minimum Gasteiger partial charge on any atom is -0.505 e. The van der Waals surface area contributed by atoms with Gasteiger partial charge in [0.25, 0.3) is 0 Å². The standard InChI is InChI=1S/C21H20Cl2N2O2/c1-2-3-6-18(26)25-19(13-7-9-14(22)10-8-13)16-12-17(23)15-5-4-11-24-20(15)21(16)27/h4-5,7-12,19,27H,2-3,6H2,1H3,(H,25,26)/t19-/m1/s1. The molecule has 1 heterocycles. The number of hydrogen-bond acceptors (Lipinski definition) is 3. The van der Waals surface area contributed by atoms with E-state index in [9.17, 15) is 9.90 Å². The largest absolute Gasteiger partial charge is 0.505 e. The van der Waals surface area contributed by atoms with E-state index in [2.05, 4.69) is 10.3 Å². The average molecular weight is 403 g/mol. The molecule has 0 saturated heterocycles. The number of nitrogens with zero attached hydrogens (tertiary/aromatic N) is 1. The predicted octanol–water partition coefficient (Wildman–Crippen LogP) is 5.64. The van der Waals surface area contributed by atoms with E-state index in [4.69, 9.17) is 23.2 Å². The molecule has 0 aliphatic rings. The molecule has 2 aromatic carbocycles. The Labute approximate surface area is 168 Å². The molecule has 140 valence electrons. The number of hydrogen-bond donors (Lipinski definition) is 2. The Hall–Kier alpha value is -2.30. The molecule has 4 nitrogen and oxygen atoms in total. The fourth-order valence-electron chi connectivity index (χ4n) is 2.99. The molecule has 0 spiro atoms. The van der Waals surface area contributed by atoms with Gasteiger partial charge < -0.3 is 10.4 Å². The molecular formula is C21H20Cl2N2O2. The average Bonchev–Trinajstić information content (AvgIpc) is 2.68. The van der Waals surface area contributed by atoms with Crippen LogP contribution >= 0.6 is 23.2 Å². The maximum atomic E-state index is 12.4. The summed E-state index contributed by atoms with van der Waals surface area (Å²) in [5.74, 6) is -0.0841. The Balaban J connectivity index is 2.09. The van der Waals surface area contributed by atoms with Crippen molar-refractivity contribution >= 4 is 40.0 Å². The van der Waals surface area contributed by atoms with Crippen LogP contribution in [-0.2, 0) is 4.79 Å². The van der Waals surface area contributed by atoms with Crippen molar-refractivity contribution in [2.45, 2.75) is 32.2 Å². The lowest BCUT2D eigenvalue weighted by Crippen LogP contribution is -2.29. The second kappa shape index (κ2) is 8.59. The summed E-state index contributed by atoms with van der Waals surface area (Å²) in [6.45, 7) is 2.03. The van der Waals surface area contributed by atoms with Crippen molar-refractivity contribution in [3.8, 4) is 5.75 Å². The van der Waals surface area contributed by atoms with E-state index in [1.165, 1.54) is 0 Å². The summed E-state index contributed by atoms with van der Waals surface area (Å²) in [5, 5.41) is 15.6. The third-order valence-electron chi connectivity index (χ3n) is 4.42. The number of benzene rings is 2. The molecule has 0 saturated carbocycles. The maximum absolute atomic E-state index is 12.4. The number of rotatable bonds is 6. The molecule has 2 N–H and O–H groups in total. The smallest absolute Gasteiger partial charge is 0.220 e. The monoisotopic (exact) mass is 402 g/mol. The SMILES string of the molecule is CCCCC(=O)N[C@H](c1ccc(Cl)cc1)c1cc(Cl)c2cccnc2c1O. The number of pyridine rings is 1. The molecule has 27 heavy (non-hydrogen) atoms. The van der Waals surface area contributed by atoms with Crippen LogP contribution in [0.3, 0.4) is 0 Å². The molecule has 1 atom stereocenters. The highest BCUT2D eigenvalue weighted by Gasteiger charge is 2.23. The predicted molar refractivity (Wildman–Crippen MR) is 109 cm³/mol. The number of carbonyl (C=O) groups excluding carboxylic acids is 1. The topological polar surface area (TPSA) is 62.2 Å². The summed E-state index contributed by atoms with van der Waals surface area (Å²) in [6.07, 6.45) is 3.74. The molecule has 0 radical (unpaired) electrons. The van der Waals surface area contributed by atoms with E-state index >= 15 is 0 Å². The first-order valence-corrected chi connectivity index (χ1v) is 9.57. The first kappa shape index (κ1) is 19.5. The Morgan fingerprint density at radius 1 is 1.22 bits per heavy atom. The van der Waals surface area contributed by atoms with Crippen molar-refractivity contribution in [2.75, 3.05) is 0 Å². The van der Waals surface area contributed by atoms with E-state index in [1.807, 2.05) is 19.1 Å². The lowest BCUT2D eigenvalue weighted by Gasteiger charge is -2.22. The highest BCUT2D eigenvalue weighted by molar-refractivity contribution is 6.35. The molecule has 1 aromatic heterocycles. The van der Waals surface area contributed by atoms with Gasteiger partial charge in [0.2, 0.25) is 5.91 Å². The Morgan fingerprint density at radius 3 is 2.67 bits per heavy atom. The minimum absolute atomic E-state index is 0.00532. The molecule has 0 aliphatic carbocycles. The van der Waals surface area contributed by atoms with Gasteiger partial charge >= 0.3 is 0 Å². The fourth-order valence-corrected chi connectivity index (χ4v) is 3.39. The van der Waals surface area contributed by atoms with Gasteiger partial charge in [0.15, 0.2) is 0 Å². The highest BCUT2D eigenvalue weighted by atomic mass is 35.5. The number of amides is 1. The molecule has 0 fully saturated rings. The summed E-state index contributed by atoms with van der Waals surface area (Å²) in [7, 11) is 0. The Kier molecular flexibility index (Phi) is 6.19. The molecule has 1 amide bonds. The summed E-state index contributed by atoms with van der Waals surface area (Å²) in [6, 6.07) is 11.8. The van der Waals surface area contributed by atoms with E-state index in [1.54, 1.807) is 36.5 Å². The van der Waals surface area contributed by atoms with Gasteiger partial charge in [-0.05, 0) is 42.3 Å². The number of phenolic OH excluding ortho intramolecular Hbond substituents is 1. The molecule has 3 aromatic rings. The number of nitrogens with one attached hydrogen (secondary N) is 1. The first-order valence-electron chi connectivity index (χ1n) is 8.82. The minimum atomic E-state index is -0.560. The van der Waals surface area contributed by atoms with Gasteiger partial charge in [0, 0.05) is 28.6 Å². The molecule has 0 bridgehead atoms. The van der Waals surface area contributed by atoms with Crippen molar-refractivity contribution in [3.63, 3.8) is 0 Å². The van der Waals surface area contributed by atoms with Crippen molar-refractivity contribution in [1.82, 2.24) is 10.3 Å². The molecule has 3 rings (SSSR count). The summed E-state index contributed by atoms with van der Waals surface area (Å²) in [5.41, 5.74) is 1.70. The number of halogens is 2. The highest BCUT2D eigenvalue weighted by Crippen LogP contribution is 2.38. The number of phenols is 1. The summed E-state index contributed by atoms with van der Waals surface area (Å²) < 4.78 is 0. The van der Waals surface area contributed by atoms with Crippen molar-refractivity contribution < 1.29 is 9.90 Å². The number of fused-ring (bicyclic) bond motifs is 1. The van der Waals surface area contributed by atoms with Gasteiger partial charge in [0.1, 0.15) is 11.3 Å². The zero-order valence-electron chi connectivity index (χ0n) is 14.9. The normalized spacial score (nSPS) is 12.1. The first-order chi connectivity index (χ1) is 13.0. The zero-order valence-corrected chi connectivity index (χ0v) is 16.4. The number of unbranched alkanes of at least 4 members (excludes halogenated alkanes) is 1. The van der Waals surface area contributed by atoms with Gasteiger partial charge in [-0.1, -0.05) is 48.7 Å². The van der Waals surface area contributed by atoms with E-state index in [0.717, 1.165) is 18.4 Å². The quantitative estimate of drug-likeness (QED) is 0.560. The maximum Gasteiger partial charge on any atom is 0.220 e. The van der Waals surface area contributed by atoms with Crippen molar-refractivity contribution in [1.29, 1.82) is 0 Å². The number of carbonyl (C=O) groups is 1.